The predicted molar refractivity (Wildman–Crippen MR) is 70.9 cm³/mol. The number of ether oxygens (including phenoxy) is 1. The molecule has 5 heteroatoms. The average Bonchev–Trinajstić information content (AvgIpc) is 2.35. The Balaban J connectivity index is 2.26. The third-order valence-electron chi connectivity index (χ3n) is 2.32. The first kappa shape index (κ1) is 14.0. The summed E-state index contributed by atoms with van der Waals surface area (Å²) in [4.78, 5) is 11.4. The maximum Gasteiger partial charge on any atom is 0.315 e. The van der Waals surface area contributed by atoms with Crippen LogP contribution in [0.3, 0.4) is 0 Å². The lowest BCUT2D eigenvalue weighted by Crippen LogP contribution is -2.39. The van der Waals surface area contributed by atoms with E-state index in [2.05, 4.69) is 26.6 Å². The Morgan fingerprint density at radius 1 is 1.35 bits per heavy atom. The number of nitrogens with one attached hydrogen (secondary N) is 2. The van der Waals surface area contributed by atoms with E-state index < -0.39 is 0 Å². The average molecular weight is 301 g/mol. The van der Waals surface area contributed by atoms with Crippen LogP contribution in [0, 0.1) is 0 Å². The van der Waals surface area contributed by atoms with Crippen LogP contribution >= 0.6 is 15.9 Å². The highest BCUT2D eigenvalue weighted by Gasteiger charge is 2.03. The summed E-state index contributed by atoms with van der Waals surface area (Å²) in [7, 11) is 1.62. The third kappa shape index (κ3) is 5.70. The normalized spacial score (nSPS) is 11.9. The Morgan fingerprint density at radius 3 is 2.59 bits per heavy atom. The van der Waals surface area contributed by atoms with E-state index in [-0.39, 0.29) is 12.1 Å². The van der Waals surface area contributed by atoms with E-state index in [1.54, 1.807) is 7.11 Å². The summed E-state index contributed by atoms with van der Waals surface area (Å²) in [6.45, 7) is 2.91. The van der Waals surface area contributed by atoms with Crippen LogP contribution in [0.2, 0.25) is 0 Å². The molecule has 0 bridgehead atoms. The van der Waals surface area contributed by atoms with Crippen molar-refractivity contribution in [2.75, 3.05) is 13.7 Å². The predicted octanol–water partition coefficient (Wildman–Crippen LogP) is 2.28. The number of halogens is 1. The molecule has 0 saturated heterocycles. The lowest BCUT2D eigenvalue weighted by atomic mass is 10.2. The number of carbonyl (C=O) groups excluding carboxylic acids is 1. The zero-order chi connectivity index (χ0) is 12.7. The molecule has 1 atom stereocenters. The number of methoxy groups -OCH3 is 1. The van der Waals surface area contributed by atoms with Crippen molar-refractivity contribution in [2.24, 2.45) is 0 Å². The summed E-state index contributed by atoms with van der Waals surface area (Å²) in [5, 5.41) is 5.51. The lowest BCUT2D eigenvalue weighted by Gasteiger charge is -2.11. The first-order valence-corrected chi connectivity index (χ1v) is 6.20. The van der Waals surface area contributed by atoms with Gasteiger partial charge in [-0.2, -0.15) is 0 Å². The van der Waals surface area contributed by atoms with E-state index in [0.717, 1.165) is 10.0 Å². The number of benzene rings is 1. The van der Waals surface area contributed by atoms with Crippen molar-refractivity contribution in [2.45, 2.75) is 19.6 Å². The quantitative estimate of drug-likeness (QED) is 0.876. The monoisotopic (exact) mass is 300 g/mol. The van der Waals surface area contributed by atoms with Gasteiger partial charge in [-0.1, -0.05) is 28.1 Å². The molecule has 0 saturated carbocycles. The molecular formula is C12H17BrN2O2. The second-order valence-electron chi connectivity index (χ2n) is 3.74. The van der Waals surface area contributed by atoms with Crippen LogP contribution in [-0.4, -0.2) is 25.8 Å². The van der Waals surface area contributed by atoms with Gasteiger partial charge >= 0.3 is 6.03 Å². The number of carbonyl (C=O) groups is 1. The van der Waals surface area contributed by atoms with E-state index in [1.807, 2.05) is 31.2 Å². The molecule has 2 amide bonds. The summed E-state index contributed by atoms with van der Waals surface area (Å²) in [5.41, 5.74) is 1.06. The van der Waals surface area contributed by atoms with Gasteiger partial charge in [0.25, 0.3) is 0 Å². The van der Waals surface area contributed by atoms with Gasteiger partial charge < -0.3 is 15.4 Å². The SMILES string of the molecule is COC(C)CNC(=O)NCc1ccc(Br)cc1. The van der Waals surface area contributed by atoms with Crippen molar-refractivity contribution in [3.05, 3.63) is 34.3 Å². The number of amides is 2. The zero-order valence-corrected chi connectivity index (χ0v) is 11.6. The highest BCUT2D eigenvalue weighted by Crippen LogP contribution is 2.09. The van der Waals surface area contributed by atoms with Crippen molar-refractivity contribution in [1.29, 1.82) is 0 Å². The van der Waals surface area contributed by atoms with E-state index in [0.29, 0.717) is 13.1 Å². The standard InChI is InChI=1S/C12H17BrN2O2/c1-9(17-2)7-14-12(16)15-8-10-3-5-11(13)6-4-10/h3-6,9H,7-8H2,1-2H3,(H2,14,15,16). The second-order valence-corrected chi connectivity index (χ2v) is 4.65. The van der Waals surface area contributed by atoms with Gasteiger partial charge in [0.15, 0.2) is 0 Å². The van der Waals surface area contributed by atoms with E-state index >= 15 is 0 Å². The molecule has 0 fully saturated rings. The van der Waals surface area contributed by atoms with Crippen molar-refractivity contribution >= 4 is 22.0 Å². The van der Waals surface area contributed by atoms with Crippen LogP contribution in [0.15, 0.2) is 28.7 Å². The molecule has 4 nitrogen and oxygen atoms in total. The van der Waals surface area contributed by atoms with Gasteiger partial charge in [-0.05, 0) is 24.6 Å². The number of hydrogen-bond donors (Lipinski definition) is 2. The minimum atomic E-state index is -0.184. The first-order valence-electron chi connectivity index (χ1n) is 5.40. The number of hydrogen-bond acceptors (Lipinski definition) is 2. The summed E-state index contributed by atoms with van der Waals surface area (Å²) in [6.07, 6.45) is 0.0217. The van der Waals surface area contributed by atoms with E-state index in [4.69, 9.17) is 4.74 Å². The molecule has 0 spiro atoms. The molecule has 0 radical (unpaired) electrons. The van der Waals surface area contributed by atoms with Gasteiger partial charge in [-0.3, -0.25) is 0 Å². The van der Waals surface area contributed by atoms with Gasteiger partial charge in [0.2, 0.25) is 0 Å². The fraction of sp³-hybridized carbons (Fsp3) is 0.417. The lowest BCUT2D eigenvalue weighted by molar-refractivity contribution is 0.118. The highest BCUT2D eigenvalue weighted by atomic mass is 79.9. The van der Waals surface area contributed by atoms with E-state index in [1.165, 1.54) is 0 Å². The van der Waals surface area contributed by atoms with Crippen LogP contribution in [0.1, 0.15) is 12.5 Å². The zero-order valence-electron chi connectivity index (χ0n) is 10.00. The van der Waals surface area contributed by atoms with Crippen LogP contribution in [0.5, 0.6) is 0 Å². The molecular weight excluding hydrogens is 284 g/mol. The largest absolute Gasteiger partial charge is 0.380 e. The molecule has 1 rings (SSSR count). The second kappa shape index (κ2) is 7.29. The van der Waals surface area contributed by atoms with E-state index in [9.17, 15) is 4.79 Å². The summed E-state index contributed by atoms with van der Waals surface area (Å²) in [5.74, 6) is 0. The van der Waals surface area contributed by atoms with Crippen molar-refractivity contribution in [1.82, 2.24) is 10.6 Å². The topological polar surface area (TPSA) is 50.4 Å². The Kier molecular flexibility index (Phi) is 6.00. The first-order chi connectivity index (χ1) is 8.11. The fourth-order valence-electron chi connectivity index (χ4n) is 1.17. The van der Waals surface area contributed by atoms with Crippen LogP contribution in [-0.2, 0) is 11.3 Å². The molecule has 0 aliphatic carbocycles. The fourth-order valence-corrected chi connectivity index (χ4v) is 1.43. The van der Waals surface area contributed by atoms with Gasteiger partial charge in [0, 0.05) is 24.7 Å². The molecule has 1 aromatic rings. The maximum absolute atomic E-state index is 11.4. The minimum absolute atomic E-state index is 0.0217. The summed E-state index contributed by atoms with van der Waals surface area (Å²) < 4.78 is 6.06. The molecule has 2 N–H and O–H groups in total. The molecule has 1 unspecified atom stereocenters. The summed E-state index contributed by atoms with van der Waals surface area (Å²) in [6, 6.07) is 7.63. The molecule has 1 aromatic carbocycles. The molecule has 94 valence electrons. The van der Waals surface area contributed by atoms with Gasteiger partial charge in [-0.15, -0.1) is 0 Å². The molecule has 0 aliphatic rings. The minimum Gasteiger partial charge on any atom is -0.380 e. The Hall–Kier alpha value is -1.07. The highest BCUT2D eigenvalue weighted by molar-refractivity contribution is 9.10. The number of rotatable bonds is 5. The Bertz CT molecular complexity index is 354. The molecule has 0 heterocycles. The van der Waals surface area contributed by atoms with Gasteiger partial charge in [0.05, 0.1) is 6.10 Å². The van der Waals surface area contributed by atoms with Crippen LogP contribution in [0.4, 0.5) is 4.79 Å². The summed E-state index contributed by atoms with van der Waals surface area (Å²) >= 11 is 3.36. The van der Waals surface area contributed by atoms with Gasteiger partial charge in [-0.25, -0.2) is 4.79 Å². The Labute approximate surface area is 110 Å². The van der Waals surface area contributed by atoms with Crippen LogP contribution < -0.4 is 10.6 Å². The molecule has 0 aromatic heterocycles. The number of urea groups is 1. The van der Waals surface area contributed by atoms with Crippen LogP contribution in [0.25, 0.3) is 0 Å². The third-order valence-corrected chi connectivity index (χ3v) is 2.85. The van der Waals surface area contributed by atoms with Gasteiger partial charge in [0.1, 0.15) is 0 Å². The van der Waals surface area contributed by atoms with Crippen molar-refractivity contribution < 1.29 is 9.53 Å². The maximum atomic E-state index is 11.4. The molecule has 17 heavy (non-hydrogen) atoms. The molecule has 0 aliphatic heterocycles. The smallest absolute Gasteiger partial charge is 0.315 e. The van der Waals surface area contributed by atoms with Crippen molar-refractivity contribution in [3.8, 4) is 0 Å². The Morgan fingerprint density at radius 2 is 2.00 bits per heavy atom. The van der Waals surface area contributed by atoms with Crippen molar-refractivity contribution in [3.63, 3.8) is 0 Å².